The first-order valence-electron chi connectivity index (χ1n) is 11.1. The second-order valence-corrected chi connectivity index (χ2v) is 8.00. The van der Waals surface area contributed by atoms with E-state index in [0.29, 0.717) is 19.3 Å². The number of hydrogen-bond donors (Lipinski definition) is 1. The monoisotopic (exact) mass is 371 g/mol. The molecule has 27 heavy (non-hydrogen) atoms. The van der Waals surface area contributed by atoms with E-state index in [9.17, 15) is 9.59 Å². The Morgan fingerprint density at radius 3 is 2.22 bits per heavy atom. The van der Waals surface area contributed by atoms with Crippen molar-refractivity contribution in [3.63, 3.8) is 0 Å². The zero-order chi connectivity index (χ0) is 19.3. The van der Waals surface area contributed by atoms with E-state index in [1.807, 2.05) is 6.07 Å². The fourth-order valence-corrected chi connectivity index (χ4v) is 3.88. The number of ketones is 1. The van der Waals surface area contributed by atoms with Gasteiger partial charge in [0, 0.05) is 24.9 Å². The van der Waals surface area contributed by atoms with E-state index in [0.717, 1.165) is 31.4 Å². The zero-order valence-corrected chi connectivity index (χ0v) is 17.2. The van der Waals surface area contributed by atoms with Gasteiger partial charge in [-0.2, -0.15) is 0 Å². The van der Waals surface area contributed by atoms with Gasteiger partial charge in [-0.15, -0.1) is 0 Å². The summed E-state index contributed by atoms with van der Waals surface area (Å²) < 4.78 is 0. The maximum Gasteiger partial charge on any atom is 0.224 e. The SMILES string of the molecule is CCCCCCCCCCCC(=O)CCC(=O)Nc1ccc2c(c1)CCC2. The van der Waals surface area contributed by atoms with Crippen LogP contribution in [0.4, 0.5) is 5.69 Å². The number of amides is 1. The highest BCUT2D eigenvalue weighted by Crippen LogP contribution is 2.25. The van der Waals surface area contributed by atoms with Gasteiger partial charge in [-0.3, -0.25) is 9.59 Å². The summed E-state index contributed by atoms with van der Waals surface area (Å²) in [5.74, 6) is 0.176. The first-order chi connectivity index (χ1) is 13.2. The molecule has 3 heteroatoms. The van der Waals surface area contributed by atoms with Crippen LogP contribution in [0, 0.1) is 0 Å². The van der Waals surface area contributed by atoms with Gasteiger partial charge in [-0.05, 0) is 48.9 Å². The Balaban J connectivity index is 1.49. The summed E-state index contributed by atoms with van der Waals surface area (Å²) in [6.07, 6.45) is 16.1. The number of carbonyl (C=O) groups excluding carboxylic acids is 2. The smallest absolute Gasteiger partial charge is 0.224 e. The Bertz CT molecular complexity index is 594. The molecule has 0 fully saturated rings. The number of benzene rings is 1. The van der Waals surface area contributed by atoms with Crippen LogP contribution in [-0.4, -0.2) is 11.7 Å². The fraction of sp³-hybridized carbons (Fsp3) is 0.667. The molecule has 0 atom stereocenters. The van der Waals surface area contributed by atoms with Crippen molar-refractivity contribution < 1.29 is 9.59 Å². The summed E-state index contributed by atoms with van der Waals surface area (Å²) in [6.45, 7) is 2.24. The molecule has 1 N–H and O–H groups in total. The third kappa shape index (κ3) is 8.73. The highest BCUT2D eigenvalue weighted by molar-refractivity contribution is 5.93. The van der Waals surface area contributed by atoms with E-state index >= 15 is 0 Å². The number of carbonyl (C=O) groups is 2. The molecule has 0 aromatic heterocycles. The van der Waals surface area contributed by atoms with E-state index in [2.05, 4.69) is 24.4 Å². The number of nitrogens with one attached hydrogen (secondary N) is 1. The molecule has 1 aliphatic carbocycles. The Morgan fingerprint density at radius 1 is 0.815 bits per heavy atom. The number of hydrogen-bond acceptors (Lipinski definition) is 2. The molecule has 0 spiro atoms. The number of Topliss-reactive ketones (excluding diaryl/α,β-unsaturated/α-hetero) is 1. The molecule has 0 heterocycles. The quantitative estimate of drug-likeness (QED) is 0.385. The van der Waals surface area contributed by atoms with Gasteiger partial charge in [-0.1, -0.05) is 64.4 Å². The van der Waals surface area contributed by atoms with Gasteiger partial charge in [0.25, 0.3) is 0 Å². The topological polar surface area (TPSA) is 46.2 Å². The highest BCUT2D eigenvalue weighted by atomic mass is 16.2. The average molecular weight is 372 g/mol. The molecule has 0 aliphatic heterocycles. The lowest BCUT2D eigenvalue weighted by molar-refractivity contribution is -0.123. The second kappa shape index (κ2) is 12.7. The summed E-state index contributed by atoms with van der Waals surface area (Å²) in [4.78, 5) is 24.1. The normalized spacial score (nSPS) is 12.8. The second-order valence-electron chi connectivity index (χ2n) is 8.00. The number of anilines is 1. The molecule has 1 amide bonds. The first-order valence-corrected chi connectivity index (χ1v) is 11.1. The van der Waals surface area contributed by atoms with Crippen LogP contribution >= 0.6 is 0 Å². The lowest BCUT2D eigenvalue weighted by Crippen LogP contribution is -2.13. The summed E-state index contributed by atoms with van der Waals surface area (Å²) >= 11 is 0. The summed E-state index contributed by atoms with van der Waals surface area (Å²) in [7, 11) is 0. The first kappa shape index (κ1) is 21.7. The largest absolute Gasteiger partial charge is 0.326 e. The van der Waals surface area contributed by atoms with E-state index in [-0.39, 0.29) is 11.7 Å². The van der Waals surface area contributed by atoms with Gasteiger partial charge in [-0.25, -0.2) is 0 Å². The molecule has 1 aromatic rings. The lowest BCUT2D eigenvalue weighted by Gasteiger charge is -2.07. The van der Waals surface area contributed by atoms with Crippen molar-refractivity contribution >= 4 is 17.4 Å². The minimum Gasteiger partial charge on any atom is -0.326 e. The van der Waals surface area contributed by atoms with Gasteiger partial charge in [0.2, 0.25) is 5.91 Å². The van der Waals surface area contributed by atoms with Crippen molar-refractivity contribution in [2.24, 2.45) is 0 Å². The van der Waals surface area contributed by atoms with Crippen LogP contribution in [0.2, 0.25) is 0 Å². The van der Waals surface area contributed by atoms with Gasteiger partial charge in [0.15, 0.2) is 0 Å². The fourth-order valence-electron chi connectivity index (χ4n) is 3.88. The summed E-state index contributed by atoms with van der Waals surface area (Å²) in [5, 5.41) is 2.94. The molecule has 0 saturated heterocycles. The van der Waals surface area contributed by atoms with Crippen molar-refractivity contribution in [1.82, 2.24) is 0 Å². The molecule has 1 aliphatic rings. The molecule has 0 saturated carbocycles. The van der Waals surface area contributed by atoms with Gasteiger partial charge in [0.05, 0.1) is 0 Å². The van der Waals surface area contributed by atoms with E-state index in [1.54, 1.807) is 0 Å². The van der Waals surface area contributed by atoms with E-state index in [1.165, 1.54) is 62.5 Å². The Morgan fingerprint density at radius 2 is 1.48 bits per heavy atom. The molecule has 150 valence electrons. The third-order valence-electron chi connectivity index (χ3n) is 5.57. The van der Waals surface area contributed by atoms with Crippen molar-refractivity contribution in [2.75, 3.05) is 5.32 Å². The minimum absolute atomic E-state index is 0.0478. The average Bonchev–Trinajstić information content (AvgIpc) is 3.13. The maximum absolute atomic E-state index is 12.1. The van der Waals surface area contributed by atoms with Crippen molar-refractivity contribution in [3.05, 3.63) is 29.3 Å². The van der Waals surface area contributed by atoms with Crippen LogP contribution in [0.3, 0.4) is 0 Å². The number of fused-ring (bicyclic) bond motifs is 1. The van der Waals surface area contributed by atoms with Crippen LogP contribution in [0.1, 0.15) is 102 Å². The Kier molecular flexibility index (Phi) is 10.2. The highest BCUT2D eigenvalue weighted by Gasteiger charge is 2.12. The van der Waals surface area contributed by atoms with Crippen molar-refractivity contribution in [3.8, 4) is 0 Å². The van der Waals surface area contributed by atoms with Crippen molar-refractivity contribution in [1.29, 1.82) is 0 Å². The van der Waals surface area contributed by atoms with E-state index < -0.39 is 0 Å². The minimum atomic E-state index is -0.0478. The maximum atomic E-state index is 12.1. The molecule has 0 radical (unpaired) electrons. The Labute approximate surface area is 165 Å². The van der Waals surface area contributed by atoms with Crippen molar-refractivity contribution in [2.45, 2.75) is 103 Å². The summed E-state index contributed by atoms with van der Waals surface area (Å²) in [5.41, 5.74) is 3.63. The zero-order valence-electron chi connectivity index (χ0n) is 17.2. The molecule has 0 bridgehead atoms. The van der Waals surface area contributed by atoms with Crippen LogP contribution in [0.15, 0.2) is 18.2 Å². The molecular formula is C24H37NO2. The predicted octanol–water partition coefficient (Wildman–Crippen LogP) is 6.38. The predicted molar refractivity (Wildman–Crippen MR) is 113 cm³/mol. The van der Waals surface area contributed by atoms with Crippen LogP contribution < -0.4 is 5.32 Å². The molecule has 0 unspecified atom stereocenters. The standard InChI is InChI=1S/C24H37NO2/c1-2-3-4-5-6-7-8-9-10-14-23(26)17-18-24(27)25-22-16-15-20-12-11-13-21(20)19-22/h15-16,19H,2-14,17-18H2,1H3,(H,25,27). The molecule has 2 rings (SSSR count). The Hall–Kier alpha value is -1.64. The molecule has 1 aromatic carbocycles. The van der Waals surface area contributed by atoms with Gasteiger partial charge < -0.3 is 5.32 Å². The van der Waals surface area contributed by atoms with Crippen LogP contribution in [-0.2, 0) is 22.4 Å². The van der Waals surface area contributed by atoms with Gasteiger partial charge >= 0.3 is 0 Å². The molecular weight excluding hydrogens is 334 g/mol. The third-order valence-corrected chi connectivity index (χ3v) is 5.57. The molecule has 3 nitrogen and oxygen atoms in total. The van der Waals surface area contributed by atoms with Crippen LogP contribution in [0.25, 0.3) is 0 Å². The number of unbranched alkanes of at least 4 members (excludes halogenated alkanes) is 8. The number of rotatable bonds is 14. The number of aryl methyl sites for hydroxylation is 2. The van der Waals surface area contributed by atoms with Crippen LogP contribution in [0.5, 0.6) is 0 Å². The van der Waals surface area contributed by atoms with E-state index in [4.69, 9.17) is 0 Å². The lowest BCUT2D eigenvalue weighted by atomic mass is 10.0. The van der Waals surface area contributed by atoms with Gasteiger partial charge in [0.1, 0.15) is 5.78 Å². The summed E-state index contributed by atoms with van der Waals surface area (Å²) in [6, 6.07) is 6.18.